The lowest BCUT2D eigenvalue weighted by Crippen LogP contribution is -2.48. The molecule has 2 rings (SSSR count). The smallest absolute Gasteiger partial charge is 0.318 e. The monoisotopic (exact) mass is 344 g/mol. The van der Waals surface area contributed by atoms with Crippen LogP contribution in [0, 0.1) is 0 Å². The Balaban J connectivity index is 1.78. The fourth-order valence-electron chi connectivity index (χ4n) is 2.47. The summed E-state index contributed by atoms with van der Waals surface area (Å²) in [5.41, 5.74) is 0. The Morgan fingerprint density at radius 1 is 1.35 bits per heavy atom. The van der Waals surface area contributed by atoms with Crippen molar-refractivity contribution in [3.8, 4) is 0 Å². The van der Waals surface area contributed by atoms with Crippen LogP contribution in [0.5, 0.6) is 0 Å². The van der Waals surface area contributed by atoms with Crippen molar-refractivity contribution >= 4 is 28.0 Å². The van der Waals surface area contributed by atoms with Crippen LogP contribution in [0.2, 0.25) is 0 Å². The summed E-state index contributed by atoms with van der Waals surface area (Å²) in [4.78, 5) is 27.4. The highest BCUT2D eigenvalue weighted by Gasteiger charge is 2.28. The van der Waals surface area contributed by atoms with Gasteiger partial charge in [0.05, 0.1) is 6.54 Å². The van der Waals surface area contributed by atoms with Crippen molar-refractivity contribution in [2.75, 3.05) is 32.7 Å². The average Bonchev–Trinajstić information content (AvgIpc) is 2.87. The summed E-state index contributed by atoms with van der Waals surface area (Å²) >= 11 is 3.43. The summed E-state index contributed by atoms with van der Waals surface area (Å²) < 4.78 is 1.05. The molecule has 112 valence electrons. The van der Waals surface area contributed by atoms with Gasteiger partial charge in [-0.1, -0.05) is 22.0 Å². The Morgan fingerprint density at radius 3 is 2.85 bits per heavy atom. The van der Waals surface area contributed by atoms with E-state index in [-0.39, 0.29) is 18.1 Å². The van der Waals surface area contributed by atoms with Gasteiger partial charge < -0.3 is 20.4 Å². The molecule has 0 unspecified atom stereocenters. The maximum absolute atomic E-state index is 12.1. The molecular formula is C13H21BrN4O2. The number of amides is 4. The molecule has 2 aliphatic heterocycles. The van der Waals surface area contributed by atoms with Crippen LogP contribution in [0.3, 0.4) is 0 Å². The Labute approximate surface area is 127 Å². The first-order valence-corrected chi connectivity index (χ1v) is 7.82. The zero-order chi connectivity index (χ0) is 14.5. The van der Waals surface area contributed by atoms with E-state index in [1.807, 2.05) is 6.92 Å². The first-order valence-electron chi connectivity index (χ1n) is 7.03. The molecule has 0 saturated carbocycles. The lowest BCUT2D eigenvalue weighted by Gasteiger charge is -2.27. The standard InChI is InChI=1S/C13H21BrN4O2/c1-2-15-12(19)18-7-5-11(9-18)16-13(20)17-6-3-4-10(14)8-17/h4,11H,2-3,5-9H2,1H3,(H,15,19)(H,16,20)/t11-/m1/s1. The van der Waals surface area contributed by atoms with E-state index in [0.717, 1.165) is 23.9 Å². The van der Waals surface area contributed by atoms with Crippen LogP contribution in [0.1, 0.15) is 19.8 Å². The molecule has 6 nitrogen and oxygen atoms in total. The Kier molecular flexibility index (Phi) is 5.28. The summed E-state index contributed by atoms with van der Waals surface area (Å²) in [5.74, 6) is 0. The molecule has 1 saturated heterocycles. The summed E-state index contributed by atoms with van der Waals surface area (Å²) in [6, 6.07) is -0.0412. The molecule has 1 atom stereocenters. The van der Waals surface area contributed by atoms with Gasteiger partial charge >= 0.3 is 12.1 Å². The van der Waals surface area contributed by atoms with Crippen LogP contribution in [-0.4, -0.2) is 60.6 Å². The lowest BCUT2D eigenvalue weighted by atomic mass is 10.2. The average molecular weight is 345 g/mol. The minimum absolute atomic E-state index is 0.0437. The van der Waals surface area contributed by atoms with Crippen LogP contribution in [0.25, 0.3) is 0 Å². The largest absolute Gasteiger partial charge is 0.338 e. The van der Waals surface area contributed by atoms with E-state index in [2.05, 4.69) is 32.6 Å². The number of urea groups is 2. The fraction of sp³-hybridized carbons (Fsp3) is 0.692. The number of hydrogen-bond donors (Lipinski definition) is 2. The van der Waals surface area contributed by atoms with E-state index < -0.39 is 0 Å². The molecule has 0 aromatic carbocycles. The van der Waals surface area contributed by atoms with E-state index in [1.54, 1.807) is 9.80 Å². The molecule has 7 heteroatoms. The summed E-state index contributed by atoms with van der Waals surface area (Å²) in [6.45, 7) is 5.17. The maximum atomic E-state index is 12.1. The SMILES string of the molecule is CCNC(=O)N1CC[C@@H](NC(=O)N2CCC=C(Br)C2)C1. The molecule has 1 fully saturated rings. The second-order valence-electron chi connectivity index (χ2n) is 5.08. The normalized spacial score (nSPS) is 22.5. The zero-order valence-electron chi connectivity index (χ0n) is 11.7. The highest BCUT2D eigenvalue weighted by atomic mass is 79.9. The molecule has 2 aliphatic rings. The Hall–Kier alpha value is -1.24. The van der Waals surface area contributed by atoms with Gasteiger partial charge in [0.1, 0.15) is 0 Å². The minimum Gasteiger partial charge on any atom is -0.338 e. The minimum atomic E-state index is -0.0482. The summed E-state index contributed by atoms with van der Waals surface area (Å²) in [7, 11) is 0. The van der Waals surface area contributed by atoms with Gasteiger partial charge in [-0.2, -0.15) is 0 Å². The van der Waals surface area contributed by atoms with Gasteiger partial charge in [-0.05, 0) is 19.8 Å². The third-order valence-electron chi connectivity index (χ3n) is 3.53. The number of hydrogen-bond acceptors (Lipinski definition) is 2. The molecule has 0 aliphatic carbocycles. The number of likely N-dealkylation sites (tertiary alicyclic amines) is 1. The number of halogens is 1. The van der Waals surface area contributed by atoms with Gasteiger partial charge in [0.25, 0.3) is 0 Å². The van der Waals surface area contributed by atoms with Gasteiger partial charge in [-0.3, -0.25) is 0 Å². The summed E-state index contributed by atoms with van der Waals surface area (Å²) in [6.07, 6.45) is 3.79. The van der Waals surface area contributed by atoms with Crippen molar-refractivity contribution in [3.05, 3.63) is 10.6 Å². The second kappa shape index (κ2) is 6.97. The van der Waals surface area contributed by atoms with Gasteiger partial charge in [-0.15, -0.1) is 0 Å². The van der Waals surface area contributed by atoms with Crippen LogP contribution >= 0.6 is 15.9 Å². The van der Waals surface area contributed by atoms with E-state index in [1.165, 1.54) is 0 Å². The molecule has 0 aromatic rings. The highest BCUT2D eigenvalue weighted by Crippen LogP contribution is 2.16. The van der Waals surface area contributed by atoms with Crippen LogP contribution in [0.15, 0.2) is 10.6 Å². The number of carbonyl (C=O) groups is 2. The first-order chi connectivity index (χ1) is 9.60. The second-order valence-corrected chi connectivity index (χ2v) is 6.10. The Bertz CT molecular complexity index is 413. The molecule has 0 aromatic heterocycles. The van der Waals surface area contributed by atoms with E-state index in [0.29, 0.717) is 26.2 Å². The van der Waals surface area contributed by atoms with Crippen molar-refractivity contribution in [1.82, 2.24) is 20.4 Å². The number of carbonyl (C=O) groups excluding carboxylic acids is 2. The predicted molar refractivity (Wildman–Crippen MR) is 80.8 cm³/mol. The lowest BCUT2D eigenvalue weighted by molar-refractivity contribution is 0.195. The molecule has 2 heterocycles. The Morgan fingerprint density at radius 2 is 2.15 bits per heavy atom. The molecule has 0 spiro atoms. The highest BCUT2D eigenvalue weighted by molar-refractivity contribution is 9.11. The van der Waals surface area contributed by atoms with Crippen LogP contribution < -0.4 is 10.6 Å². The topological polar surface area (TPSA) is 64.7 Å². The number of nitrogens with one attached hydrogen (secondary N) is 2. The van der Waals surface area contributed by atoms with Crippen molar-refractivity contribution in [2.45, 2.75) is 25.8 Å². The third-order valence-corrected chi connectivity index (χ3v) is 4.10. The van der Waals surface area contributed by atoms with Crippen molar-refractivity contribution in [2.24, 2.45) is 0 Å². The fourth-order valence-corrected chi connectivity index (χ4v) is 3.00. The van der Waals surface area contributed by atoms with Gasteiger partial charge in [0.15, 0.2) is 0 Å². The quantitative estimate of drug-likeness (QED) is 0.796. The predicted octanol–water partition coefficient (Wildman–Crippen LogP) is 1.48. The first kappa shape index (κ1) is 15.2. The molecule has 0 radical (unpaired) electrons. The van der Waals surface area contributed by atoms with Gasteiger partial charge in [0.2, 0.25) is 0 Å². The van der Waals surface area contributed by atoms with E-state index in [4.69, 9.17) is 0 Å². The maximum Gasteiger partial charge on any atom is 0.318 e. The van der Waals surface area contributed by atoms with Crippen molar-refractivity contribution in [1.29, 1.82) is 0 Å². The molecular weight excluding hydrogens is 324 g/mol. The van der Waals surface area contributed by atoms with Gasteiger partial charge in [0, 0.05) is 36.7 Å². The van der Waals surface area contributed by atoms with Gasteiger partial charge in [-0.25, -0.2) is 9.59 Å². The molecule has 20 heavy (non-hydrogen) atoms. The van der Waals surface area contributed by atoms with Crippen LogP contribution in [-0.2, 0) is 0 Å². The van der Waals surface area contributed by atoms with Crippen molar-refractivity contribution < 1.29 is 9.59 Å². The van der Waals surface area contributed by atoms with E-state index in [9.17, 15) is 9.59 Å². The van der Waals surface area contributed by atoms with Crippen LogP contribution in [0.4, 0.5) is 9.59 Å². The number of nitrogens with zero attached hydrogens (tertiary/aromatic N) is 2. The molecule has 4 amide bonds. The zero-order valence-corrected chi connectivity index (χ0v) is 13.3. The summed E-state index contributed by atoms with van der Waals surface area (Å²) in [5, 5.41) is 5.79. The number of rotatable bonds is 2. The molecule has 0 bridgehead atoms. The molecule has 2 N–H and O–H groups in total. The third kappa shape index (κ3) is 3.88. The van der Waals surface area contributed by atoms with E-state index >= 15 is 0 Å². The van der Waals surface area contributed by atoms with Crippen molar-refractivity contribution in [3.63, 3.8) is 0 Å².